The van der Waals surface area contributed by atoms with Crippen molar-refractivity contribution in [2.45, 2.75) is 37.9 Å². The van der Waals surface area contributed by atoms with Crippen molar-refractivity contribution in [1.29, 1.82) is 0 Å². The maximum Gasteiger partial charge on any atom is 0.471 e. The molecule has 0 spiro atoms. The number of hydrogen-bond acceptors (Lipinski definition) is 6. The Labute approximate surface area is 196 Å². The smallest absolute Gasteiger partial charge is 0.369 e. The summed E-state index contributed by atoms with van der Waals surface area (Å²) in [6, 6.07) is 17.3. The summed E-state index contributed by atoms with van der Waals surface area (Å²) >= 11 is 0. The second-order valence-electron chi connectivity index (χ2n) is 8.65. The number of hydrogen-bond donors (Lipinski definition) is 0. The number of carbonyl (C=O) groups excluding carboxylic acids is 1. The van der Waals surface area contributed by atoms with E-state index in [1.807, 2.05) is 49.5 Å². The lowest BCUT2D eigenvalue weighted by molar-refractivity contribution is -0.159. The Bertz CT molecular complexity index is 1080. The fourth-order valence-electron chi connectivity index (χ4n) is 4.05. The average molecular weight is 473 g/mol. The molecule has 1 fully saturated rings. The number of nitrogens with zero attached hydrogens (tertiary/aromatic N) is 4. The first-order chi connectivity index (χ1) is 16.3. The number of anilines is 1. The van der Waals surface area contributed by atoms with Crippen molar-refractivity contribution in [3.8, 4) is 11.4 Å². The molecule has 9 heteroatoms. The summed E-state index contributed by atoms with van der Waals surface area (Å²) in [5.74, 6) is -1.15. The Kier molecular flexibility index (Phi) is 7.31. The fourth-order valence-corrected chi connectivity index (χ4v) is 4.05. The van der Waals surface area contributed by atoms with Gasteiger partial charge in [0.05, 0.1) is 6.04 Å². The van der Waals surface area contributed by atoms with Crippen LogP contribution < -0.4 is 4.90 Å². The van der Waals surface area contributed by atoms with E-state index >= 15 is 0 Å². The number of rotatable bonds is 10. The van der Waals surface area contributed by atoms with Crippen LogP contribution in [0.15, 0.2) is 59.1 Å². The van der Waals surface area contributed by atoms with Crippen molar-refractivity contribution in [2.75, 3.05) is 31.6 Å². The van der Waals surface area contributed by atoms with Gasteiger partial charge in [0, 0.05) is 44.2 Å². The Balaban J connectivity index is 1.17. The van der Waals surface area contributed by atoms with Crippen molar-refractivity contribution in [1.82, 2.24) is 15.0 Å². The second-order valence-corrected chi connectivity index (χ2v) is 8.65. The molecule has 0 bridgehead atoms. The van der Waals surface area contributed by atoms with Crippen LogP contribution in [0.4, 0.5) is 18.9 Å². The van der Waals surface area contributed by atoms with Gasteiger partial charge in [-0.05, 0) is 49.2 Å². The largest absolute Gasteiger partial charge is 0.471 e. The SMILES string of the molecule is CN(c1ccc(-c2noc(C(F)(F)F)n2)cc1)C1CN(CCCCC(=O)Cc2ccccc2)C1. The quantitative estimate of drug-likeness (QED) is 0.393. The molecule has 3 aromatic rings. The van der Waals surface area contributed by atoms with Crippen molar-refractivity contribution < 1.29 is 22.5 Å². The van der Waals surface area contributed by atoms with Crippen molar-refractivity contribution in [2.24, 2.45) is 0 Å². The Hall–Kier alpha value is -3.20. The third-order valence-electron chi connectivity index (χ3n) is 6.11. The minimum atomic E-state index is -4.65. The number of likely N-dealkylation sites (N-methyl/N-ethyl adjacent to an activating group) is 1. The van der Waals surface area contributed by atoms with Crippen LogP contribution >= 0.6 is 0 Å². The molecule has 0 N–H and O–H groups in total. The third-order valence-corrected chi connectivity index (χ3v) is 6.11. The summed E-state index contributed by atoms with van der Waals surface area (Å²) in [7, 11) is 2.01. The minimum absolute atomic E-state index is 0.0846. The van der Waals surface area contributed by atoms with Gasteiger partial charge in [-0.15, -0.1) is 0 Å². The van der Waals surface area contributed by atoms with Gasteiger partial charge < -0.3 is 9.42 Å². The highest BCUT2D eigenvalue weighted by atomic mass is 19.4. The first-order valence-electron chi connectivity index (χ1n) is 11.3. The first kappa shape index (κ1) is 23.9. The number of likely N-dealkylation sites (tertiary alicyclic amines) is 1. The van der Waals surface area contributed by atoms with E-state index in [9.17, 15) is 18.0 Å². The molecule has 2 heterocycles. The molecule has 0 unspecified atom stereocenters. The molecule has 180 valence electrons. The van der Waals surface area contributed by atoms with Gasteiger partial charge >= 0.3 is 12.1 Å². The summed E-state index contributed by atoms with van der Waals surface area (Å²) < 4.78 is 42.2. The Morgan fingerprint density at radius 1 is 1.09 bits per heavy atom. The van der Waals surface area contributed by atoms with Crippen molar-refractivity contribution >= 4 is 11.5 Å². The predicted octanol–water partition coefficient (Wildman–Crippen LogP) is 4.86. The molecule has 0 amide bonds. The topological polar surface area (TPSA) is 62.5 Å². The van der Waals surface area contributed by atoms with Crippen LogP contribution in [0.25, 0.3) is 11.4 Å². The van der Waals surface area contributed by atoms with E-state index in [1.54, 1.807) is 12.1 Å². The number of aromatic nitrogens is 2. The van der Waals surface area contributed by atoms with E-state index in [0.29, 0.717) is 24.4 Å². The number of carbonyl (C=O) groups is 1. The van der Waals surface area contributed by atoms with E-state index < -0.39 is 12.1 Å². The van der Waals surface area contributed by atoms with Gasteiger partial charge in [-0.3, -0.25) is 9.69 Å². The number of alkyl halides is 3. The highest BCUT2D eigenvalue weighted by Crippen LogP contribution is 2.30. The zero-order chi connectivity index (χ0) is 24.1. The average Bonchev–Trinajstić information content (AvgIpc) is 3.29. The predicted molar refractivity (Wildman–Crippen MR) is 122 cm³/mol. The van der Waals surface area contributed by atoms with Gasteiger partial charge in [-0.1, -0.05) is 35.5 Å². The van der Waals surface area contributed by atoms with Gasteiger partial charge in [0.1, 0.15) is 5.78 Å². The molecule has 0 radical (unpaired) electrons. The molecule has 1 aromatic heterocycles. The Morgan fingerprint density at radius 2 is 1.79 bits per heavy atom. The van der Waals surface area contributed by atoms with Crippen LogP contribution in [0.2, 0.25) is 0 Å². The highest BCUT2D eigenvalue weighted by molar-refractivity contribution is 5.80. The highest BCUT2D eigenvalue weighted by Gasteiger charge is 2.38. The second kappa shape index (κ2) is 10.4. The summed E-state index contributed by atoms with van der Waals surface area (Å²) in [6.07, 6.45) is -1.64. The first-order valence-corrected chi connectivity index (χ1v) is 11.3. The summed E-state index contributed by atoms with van der Waals surface area (Å²) in [4.78, 5) is 20.1. The van der Waals surface area contributed by atoms with Gasteiger partial charge in [-0.2, -0.15) is 18.2 Å². The zero-order valence-corrected chi connectivity index (χ0v) is 19.0. The molecule has 34 heavy (non-hydrogen) atoms. The molecule has 4 rings (SSSR count). The van der Waals surface area contributed by atoms with Gasteiger partial charge in [0.25, 0.3) is 0 Å². The van der Waals surface area contributed by atoms with E-state index in [0.717, 1.165) is 43.7 Å². The monoisotopic (exact) mass is 472 g/mol. The van der Waals surface area contributed by atoms with Crippen LogP contribution in [0.3, 0.4) is 0 Å². The van der Waals surface area contributed by atoms with Crippen LogP contribution in [0, 0.1) is 0 Å². The Morgan fingerprint density at radius 3 is 2.44 bits per heavy atom. The number of Topliss-reactive ketones (excluding diaryl/α,β-unsaturated/α-hetero) is 1. The number of halogens is 3. The molecule has 6 nitrogen and oxygen atoms in total. The summed E-state index contributed by atoms with van der Waals surface area (Å²) in [5, 5.41) is 3.42. The lowest BCUT2D eigenvalue weighted by Crippen LogP contribution is -2.58. The lowest BCUT2D eigenvalue weighted by atomic mass is 10.0. The van der Waals surface area contributed by atoms with Crippen molar-refractivity contribution in [3.05, 3.63) is 66.1 Å². The van der Waals surface area contributed by atoms with Crippen LogP contribution in [0.1, 0.15) is 30.7 Å². The fraction of sp³-hybridized carbons (Fsp3) is 0.400. The van der Waals surface area contributed by atoms with Crippen LogP contribution in [0.5, 0.6) is 0 Å². The maximum atomic E-state index is 12.6. The van der Waals surface area contributed by atoms with Gasteiger partial charge in [0.15, 0.2) is 0 Å². The summed E-state index contributed by atoms with van der Waals surface area (Å²) in [5.41, 5.74) is 2.50. The molecule has 2 aromatic carbocycles. The molecule has 1 aliphatic rings. The van der Waals surface area contributed by atoms with E-state index in [2.05, 4.69) is 24.5 Å². The van der Waals surface area contributed by atoms with E-state index in [-0.39, 0.29) is 11.6 Å². The molecule has 1 saturated heterocycles. The molecule has 1 aliphatic heterocycles. The third kappa shape index (κ3) is 6.02. The van der Waals surface area contributed by atoms with Crippen LogP contribution in [-0.2, 0) is 17.4 Å². The van der Waals surface area contributed by atoms with Crippen LogP contribution in [-0.4, -0.2) is 53.5 Å². The molecular weight excluding hydrogens is 445 g/mol. The van der Waals surface area contributed by atoms with Gasteiger partial charge in [0.2, 0.25) is 5.82 Å². The maximum absolute atomic E-state index is 12.6. The standard InChI is InChI=1S/C25H27F3N4O2/c1-31(20-12-10-19(11-13-20)23-29-24(34-30-23)25(26,27)28)21-16-32(17-21)14-6-5-9-22(33)15-18-7-3-2-4-8-18/h2-4,7-8,10-13,21H,5-6,9,14-17H2,1H3. The van der Waals surface area contributed by atoms with E-state index in [1.165, 1.54) is 0 Å². The number of benzene rings is 2. The molecule has 0 atom stereocenters. The molecule has 0 aliphatic carbocycles. The van der Waals surface area contributed by atoms with E-state index in [4.69, 9.17) is 0 Å². The molecule has 0 saturated carbocycles. The summed E-state index contributed by atoms with van der Waals surface area (Å²) in [6.45, 7) is 2.85. The normalized spacial score (nSPS) is 14.7. The molecular formula is C25H27F3N4O2. The minimum Gasteiger partial charge on any atom is -0.369 e. The zero-order valence-electron chi connectivity index (χ0n) is 19.0. The number of ketones is 1. The number of unbranched alkanes of at least 4 members (excludes halogenated alkanes) is 1. The van der Waals surface area contributed by atoms with Gasteiger partial charge in [-0.25, -0.2) is 0 Å². The lowest BCUT2D eigenvalue weighted by Gasteiger charge is -2.45. The van der Waals surface area contributed by atoms with Crippen molar-refractivity contribution in [3.63, 3.8) is 0 Å².